The molecule has 40 heavy (non-hydrogen) atoms. The molecule has 0 aliphatic carbocycles. The van der Waals surface area contributed by atoms with Crippen molar-refractivity contribution < 1.29 is 18.0 Å². The van der Waals surface area contributed by atoms with Crippen molar-refractivity contribution in [2.75, 3.05) is 5.32 Å². The average Bonchev–Trinajstić information content (AvgIpc) is 3.67. The molecule has 2 aromatic carbocycles. The molecule has 0 bridgehead atoms. The fraction of sp³-hybridized carbons (Fsp3) is 0.111. The van der Waals surface area contributed by atoms with Gasteiger partial charge in [0.1, 0.15) is 11.4 Å². The number of amides is 1. The third-order valence-corrected chi connectivity index (χ3v) is 6.19. The van der Waals surface area contributed by atoms with Crippen LogP contribution in [-0.4, -0.2) is 45.1 Å². The summed E-state index contributed by atoms with van der Waals surface area (Å²) in [5.41, 5.74) is 3.06. The highest BCUT2D eigenvalue weighted by Crippen LogP contribution is 2.33. The number of carbonyl (C=O) groups is 1. The van der Waals surface area contributed by atoms with Crippen molar-refractivity contribution >= 4 is 17.2 Å². The largest absolute Gasteiger partial charge is 0.416 e. The second-order valence-electron chi connectivity index (χ2n) is 9.15. The number of fused-ring (bicyclic) bond motifs is 1. The van der Waals surface area contributed by atoms with Crippen LogP contribution < -0.4 is 5.32 Å². The normalized spacial score (nSPS) is 11.7. The highest BCUT2D eigenvalue weighted by molar-refractivity contribution is 6.07. The fourth-order valence-electron chi connectivity index (χ4n) is 4.28. The van der Waals surface area contributed by atoms with Gasteiger partial charge in [0.2, 0.25) is 0 Å². The molecule has 0 aliphatic heterocycles. The molecular formula is C27H20F3N9O. The van der Waals surface area contributed by atoms with Crippen LogP contribution in [0.3, 0.4) is 0 Å². The molecule has 1 amide bonds. The van der Waals surface area contributed by atoms with E-state index in [-0.39, 0.29) is 16.9 Å². The average molecular weight is 544 g/mol. The van der Waals surface area contributed by atoms with Crippen LogP contribution in [0.2, 0.25) is 0 Å². The second kappa shape index (κ2) is 9.45. The van der Waals surface area contributed by atoms with E-state index in [2.05, 4.69) is 30.7 Å². The number of rotatable bonds is 5. The first-order valence-corrected chi connectivity index (χ1v) is 12.0. The van der Waals surface area contributed by atoms with E-state index in [0.29, 0.717) is 28.4 Å². The van der Waals surface area contributed by atoms with Crippen LogP contribution in [0.4, 0.5) is 18.9 Å². The Labute approximate surface area is 224 Å². The standard InChI is InChI=1S/C27H20F3N9O/c1-16-5-6-21(23(8-16)38-14-22(35-36-38)24-12-31-25-4-3-7-33-39(24)25)26(40)34-19-9-18(27(28,29)30)10-20(11-19)37-13-17(2)32-15-37/h3-15H,1-2H3,(H,34,40). The molecule has 1 N–H and O–H groups in total. The van der Waals surface area contributed by atoms with Crippen molar-refractivity contribution in [3.8, 4) is 22.8 Å². The summed E-state index contributed by atoms with van der Waals surface area (Å²) in [6, 6.07) is 12.0. The highest BCUT2D eigenvalue weighted by Gasteiger charge is 2.32. The number of aryl methyl sites for hydroxylation is 2. The first kappa shape index (κ1) is 25.0. The smallest absolute Gasteiger partial charge is 0.322 e. The van der Waals surface area contributed by atoms with Gasteiger partial charge in [-0.2, -0.15) is 18.3 Å². The number of hydrogen-bond acceptors (Lipinski definition) is 6. The van der Waals surface area contributed by atoms with Gasteiger partial charge in [-0.05, 0) is 61.9 Å². The molecule has 0 fully saturated rings. The van der Waals surface area contributed by atoms with Gasteiger partial charge in [-0.1, -0.05) is 11.3 Å². The molecule has 4 heterocycles. The number of alkyl halides is 3. The summed E-state index contributed by atoms with van der Waals surface area (Å²) in [5.74, 6) is -0.615. The van der Waals surface area contributed by atoms with Crippen molar-refractivity contribution in [3.05, 3.63) is 102 Å². The monoisotopic (exact) mass is 543 g/mol. The fourth-order valence-corrected chi connectivity index (χ4v) is 4.28. The van der Waals surface area contributed by atoms with Crippen LogP contribution in [0.25, 0.3) is 28.4 Å². The van der Waals surface area contributed by atoms with Crippen LogP contribution in [0.15, 0.2) is 79.6 Å². The molecule has 0 unspecified atom stereocenters. The Morgan fingerprint density at radius 1 is 1.00 bits per heavy atom. The van der Waals surface area contributed by atoms with E-state index in [1.807, 2.05) is 6.92 Å². The van der Waals surface area contributed by atoms with Crippen molar-refractivity contribution in [1.82, 2.24) is 39.1 Å². The maximum atomic E-state index is 13.7. The summed E-state index contributed by atoms with van der Waals surface area (Å²) in [6.45, 7) is 3.58. The SMILES string of the molecule is Cc1ccc(C(=O)Nc2cc(-n3cnc(C)c3)cc(C(F)(F)F)c2)c(-n2cc(-c3cnc4cccnn34)nn2)c1. The van der Waals surface area contributed by atoms with Gasteiger partial charge in [0.15, 0.2) is 5.65 Å². The molecule has 0 saturated heterocycles. The first-order chi connectivity index (χ1) is 19.2. The molecule has 200 valence electrons. The summed E-state index contributed by atoms with van der Waals surface area (Å²) in [6.07, 6.45) is 3.26. The number of anilines is 1. The summed E-state index contributed by atoms with van der Waals surface area (Å²) < 4.78 is 45.6. The molecule has 0 spiro atoms. The predicted octanol–water partition coefficient (Wildman–Crippen LogP) is 5.05. The third-order valence-electron chi connectivity index (χ3n) is 6.19. The number of nitrogens with one attached hydrogen (secondary N) is 1. The summed E-state index contributed by atoms with van der Waals surface area (Å²) in [4.78, 5) is 21.8. The number of imidazole rings is 2. The number of benzene rings is 2. The van der Waals surface area contributed by atoms with E-state index < -0.39 is 17.6 Å². The lowest BCUT2D eigenvalue weighted by Crippen LogP contribution is -2.17. The molecule has 0 aliphatic rings. The lowest BCUT2D eigenvalue weighted by Gasteiger charge is -2.15. The summed E-state index contributed by atoms with van der Waals surface area (Å²) in [5, 5.41) is 15.3. The minimum Gasteiger partial charge on any atom is -0.322 e. The van der Waals surface area contributed by atoms with Gasteiger partial charge in [0.05, 0.1) is 41.2 Å². The Balaban J connectivity index is 1.36. The number of nitrogens with zero attached hydrogens (tertiary/aromatic N) is 8. The van der Waals surface area contributed by atoms with E-state index >= 15 is 0 Å². The lowest BCUT2D eigenvalue weighted by molar-refractivity contribution is -0.137. The van der Waals surface area contributed by atoms with Crippen LogP contribution in [0, 0.1) is 13.8 Å². The van der Waals surface area contributed by atoms with Gasteiger partial charge in [-0.25, -0.2) is 19.2 Å². The van der Waals surface area contributed by atoms with Gasteiger partial charge in [0, 0.05) is 23.8 Å². The zero-order valence-corrected chi connectivity index (χ0v) is 21.1. The Morgan fingerprint density at radius 2 is 1.85 bits per heavy atom. The Kier molecular flexibility index (Phi) is 5.90. The number of hydrogen-bond donors (Lipinski definition) is 1. The molecule has 6 rings (SSSR count). The van der Waals surface area contributed by atoms with Crippen molar-refractivity contribution in [2.24, 2.45) is 0 Å². The second-order valence-corrected chi connectivity index (χ2v) is 9.15. The third kappa shape index (κ3) is 4.68. The minimum atomic E-state index is -4.62. The van der Waals surface area contributed by atoms with E-state index in [9.17, 15) is 18.0 Å². The molecule has 4 aromatic heterocycles. The Morgan fingerprint density at radius 3 is 2.62 bits per heavy atom. The van der Waals surface area contributed by atoms with Gasteiger partial charge >= 0.3 is 6.18 Å². The summed E-state index contributed by atoms with van der Waals surface area (Å²) in [7, 11) is 0. The number of aromatic nitrogens is 8. The van der Waals surface area contributed by atoms with Crippen molar-refractivity contribution in [1.29, 1.82) is 0 Å². The Hall–Kier alpha value is -5.33. The van der Waals surface area contributed by atoms with Crippen LogP contribution in [0.5, 0.6) is 0 Å². The maximum Gasteiger partial charge on any atom is 0.416 e. The van der Waals surface area contributed by atoms with E-state index in [1.165, 1.54) is 21.6 Å². The molecule has 6 aromatic rings. The summed E-state index contributed by atoms with van der Waals surface area (Å²) >= 11 is 0. The van der Waals surface area contributed by atoms with Crippen molar-refractivity contribution in [3.63, 3.8) is 0 Å². The molecular weight excluding hydrogens is 523 g/mol. The van der Waals surface area contributed by atoms with Crippen LogP contribution in [-0.2, 0) is 6.18 Å². The zero-order valence-electron chi connectivity index (χ0n) is 21.1. The van der Waals surface area contributed by atoms with Gasteiger partial charge in [0.25, 0.3) is 5.91 Å². The van der Waals surface area contributed by atoms with Crippen molar-refractivity contribution in [2.45, 2.75) is 20.0 Å². The molecule has 0 saturated carbocycles. The van der Waals surface area contributed by atoms with Gasteiger partial charge < -0.3 is 9.88 Å². The topological polar surface area (TPSA) is 108 Å². The van der Waals surface area contributed by atoms with E-state index in [1.54, 1.807) is 66.6 Å². The van der Waals surface area contributed by atoms with E-state index in [4.69, 9.17) is 0 Å². The molecule has 10 nitrogen and oxygen atoms in total. The highest BCUT2D eigenvalue weighted by atomic mass is 19.4. The number of carbonyl (C=O) groups excluding carboxylic acids is 1. The minimum absolute atomic E-state index is 0.0243. The first-order valence-electron chi connectivity index (χ1n) is 12.0. The Bertz CT molecular complexity index is 1880. The van der Waals surface area contributed by atoms with E-state index in [0.717, 1.165) is 17.7 Å². The quantitative estimate of drug-likeness (QED) is 0.326. The lowest BCUT2D eigenvalue weighted by atomic mass is 10.1. The number of halogens is 3. The molecule has 0 atom stereocenters. The van der Waals surface area contributed by atoms with Crippen LogP contribution in [0.1, 0.15) is 27.2 Å². The van der Waals surface area contributed by atoms with Gasteiger partial charge in [-0.3, -0.25) is 4.79 Å². The van der Waals surface area contributed by atoms with Crippen LogP contribution >= 0.6 is 0 Å². The maximum absolute atomic E-state index is 13.7. The predicted molar refractivity (Wildman–Crippen MR) is 139 cm³/mol. The molecule has 13 heteroatoms. The van der Waals surface area contributed by atoms with Gasteiger partial charge in [-0.15, -0.1) is 5.10 Å². The molecule has 0 radical (unpaired) electrons. The zero-order chi connectivity index (χ0) is 28.0.